The number of nitrogens with zero attached hydrogens (tertiary/aromatic N) is 3. The zero-order chi connectivity index (χ0) is 17.3. The lowest BCUT2D eigenvalue weighted by atomic mass is 10.1. The molecule has 0 radical (unpaired) electrons. The maximum atomic E-state index is 12.1. The van der Waals surface area contributed by atoms with Gasteiger partial charge in [0, 0.05) is 19.8 Å². The Hall–Kier alpha value is -2.78. The van der Waals surface area contributed by atoms with Gasteiger partial charge < -0.3 is 0 Å². The molecule has 0 saturated carbocycles. The molecule has 3 rings (SSSR count). The Morgan fingerprint density at radius 2 is 1.75 bits per heavy atom. The average molecular weight is 337 g/mol. The highest BCUT2D eigenvalue weighted by atomic mass is 32.2. The summed E-state index contributed by atoms with van der Waals surface area (Å²) in [7, 11) is 2.96. The van der Waals surface area contributed by atoms with E-state index in [2.05, 4.69) is 0 Å². The van der Waals surface area contributed by atoms with Gasteiger partial charge in [0.2, 0.25) is 0 Å². The molecule has 3 aromatic rings. The van der Waals surface area contributed by atoms with Crippen LogP contribution in [0.4, 0.5) is 0 Å². The van der Waals surface area contributed by atoms with Crippen LogP contribution >= 0.6 is 11.8 Å². The largest absolute Gasteiger partial charge is 0.331 e. The van der Waals surface area contributed by atoms with Crippen LogP contribution in [0.2, 0.25) is 0 Å². The summed E-state index contributed by atoms with van der Waals surface area (Å²) in [5.74, 6) is 0.566. The normalized spacial score (nSPS) is 10.7. The van der Waals surface area contributed by atoms with Gasteiger partial charge in [-0.25, -0.2) is 4.79 Å². The van der Waals surface area contributed by atoms with Crippen LogP contribution in [0.1, 0.15) is 11.1 Å². The van der Waals surface area contributed by atoms with Crippen molar-refractivity contribution in [3.05, 3.63) is 74.4 Å². The van der Waals surface area contributed by atoms with E-state index in [0.29, 0.717) is 10.8 Å². The van der Waals surface area contributed by atoms with E-state index in [1.54, 1.807) is 7.05 Å². The molecule has 0 aliphatic rings. The fourth-order valence-corrected chi connectivity index (χ4v) is 3.75. The molecule has 0 aliphatic carbocycles. The first kappa shape index (κ1) is 16.1. The van der Waals surface area contributed by atoms with Crippen LogP contribution in [0.5, 0.6) is 0 Å². The third-order valence-corrected chi connectivity index (χ3v) is 5.17. The van der Waals surface area contributed by atoms with Crippen molar-refractivity contribution in [1.82, 2.24) is 9.13 Å². The van der Waals surface area contributed by atoms with Gasteiger partial charge in [-0.2, -0.15) is 5.26 Å². The van der Waals surface area contributed by atoms with Crippen molar-refractivity contribution in [3.8, 4) is 6.07 Å². The van der Waals surface area contributed by atoms with Crippen molar-refractivity contribution in [2.24, 2.45) is 14.1 Å². The molecule has 1 heterocycles. The summed E-state index contributed by atoms with van der Waals surface area (Å²) in [4.78, 5) is 24.2. The molecule has 5 nitrogen and oxygen atoms in total. The first-order valence-electron chi connectivity index (χ1n) is 7.34. The SMILES string of the molecule is Cn1c(SCc2cccc3ccccc23)c(C#N)c(=O)n(C)c1=O. The third-order valence-electron chi connectivity index (χ3n) is 3.97. The summed E-state index contributed by atoms with van der Waals surface area (Å²) in [5.41, 5.74) is 0.111. The molecule has 0 amide bonds. The smallest absolute Gasteiger partial charge is 0.290 e. The lowest BCUT2D eigenvalue weighted by molar-refractivity contribution is 0.631. The highest BCUT2D eigenvalue weighted by Crippen LogP contribution is 2.27. The fourth-order valence-electron chi connectivity index (χ4n) is 2.65. The lowest BCUT2D eigenvalue weighted by Crippen LogP contribution is -2.39. The molecular formula is C18H15N3O2S. The Morgan fingerprint density at radius 3 is 2.50 bits per heavy atom. The Kier molecular flexibility index (Phi) is 4.28. The average Bonchev–Trinajstić information content (AvgIpc) is 2.61. The Morgan fingerprint density at radius 1 is 1.04 bits per heavy atom. The van der Waals surface area contributed by atoms with Crippen LogP contribution in [0.3, 0.4) is 0 Å². The number of hydrogen-bond donors (Lipinski definition) is 0. The highest BCUT2D eigenvalue weighted by Gasteiger charge is 2.16. The molecule has 24 heavy (non-hydrogen) atoms. The molecule has 0 atom stereocenters. The van der Waals surface area contributed by atoms with Crippen molar-refractivity contribution >= 4 is 22.5 Å². The number of rotatable bonds is 3. The highest BCUT2D eigenvalue weighted by molar-refractivity contribution is 7.98. The van der Waals surface area contributed by atoms with E-state index >= 15 is 0 Å². The molecule has 0 aliphatic heterocycles. The van der Waals surface area contributed by atoms with Gasteiger partial charge in [0.05, 0.1) is 0 Å². The van der Waals surface area contributed by atoms with E-state index in [0.717, 1.165) is 20.9 Å². The first-order chi connectivity index (χ1) is 11.5. The van der Waals surface area contributed by atoms with Crippen molar-refractivity contribution in [3.63, 3.8) is 0 Å². The second kappa shape index (κ2) is 6.38. The minimum Gasteiger partial charge on any atom is -0.290 e. The molecule has 2 aromatic carbocycles. The van der Waals surface area contributed by atoms with Gasteiger partial charge >= 0.3 is 5.69 Å². The predicted molar refractivity (Wildman–Crippen MR) is 95.1 cm³/mol. The maximum absolute atomic E-state index is 12.1. The summed E-state index contributed by atoms with van der Waals surface area (Å²) < 4.78 is 2.32. The van der Waals surface area contributed by atoms with Crippen molar-refractivity contribution in [2.75, 3.05) is 0 Å². The molecule has 0 bridgehead atoms. The van der Waals surface area contributed by atoms with Crippen molar-refractivity contribution in [2.45, 2.75) is 10.8 Å². The molecule has 1 aromatic heterocycles. The summed E-state index contributed by atoms with van der Waals surface area (Å²) in [6.07, 6.45) is 0. The quantitative estimate of drug-likeness (QED) is 0.544. The molecular weight excluding hydrogens is 322 g/mol. The van der Waals surface area contributed by atoms with Gasteiger partial charge in [-0.15, -0.1) is 11.8 Å². The van der Waals surface area contributed by atoms with Crippen LogP contribution in [-0.4, -0.2) is 9.13 Å². The van der Waals surface area contributed by atoms with E-state index in [9.17, 15) is 14.9 Å². The van der Waals surface area contributed by atoms with Crippen LogP contribution in [-0.2, 0) is 19.8 Å². The van der Waals surface area contributed by atoms with Crippen LogP contribution in [0.25, 0.3) is 10.8 Å². The van der Waals surface area contributed by atoms with Crippen LogP contribution in [0, 0.1) is 11.3 Å². The first-order valence-corrected chi connectivity index (χ1v) is 8.32. The van der Waals surface area contributed by atoms with E-state index in [4.69, 9.17) is 0 Å². The van der Waals surface area contributed by atoms with Gasteiger partial charge in [-0.3, -0.25) is 13.9 Å². The molecule has 0 fully saturated rings. The van der Waals surface area contributed by atoms with Crippen LogP contribution in [0.15, 0.2) is 57.1 Å². The zero-order valence-electron chi connectivity index (χ0n) is 13.3. The van der Waals surface area contributed by atoms with E-state index in [1.807, 2.05) is 48.5 Å². The lowest BCUT2D eigenvalue weighted by Gasteiger charge is -2.12. The minimum absolute atomic E-state index is 0.00448. The number of benzene rings is 2. The number of nitriles is 1. The maximum Gasteiger partial charge on any atom is 0.331 e. The second-order valence-electron chi connectivity index (χ2n) is 5.42. The van der Waals surface area contributed by atoms with Gasteiger partial charge in [0.1, 0.15) is 16.7 Å². The standard InChI is InChI=1S/C18H15N3O2S/c1-20-16(22)15(10-19)17(21(2)18(20)23)24-11-13-8-5-7-12-6-3-4-9-14(12)13/h3-9H,11H2,1-2H3. The van der Waals surface area contributed by atoms with Crippen molar-refractivity contribution in [1.29, 1.82) is 5.26 Å². The van der Waals surface area contributed by atoms with E-state index in [-0.39, 0.29) is 5.56 Å². The molecule has 0 N–H and O–H groups in total. The molecule has 0 saturated heterocycles. The van der Waals surface area contributed by atoms with Gasteiger partial charge in [-0.05, 0) is 16.3 Å². The summed E-state index contributed by atoms with van der Waals surface area (Å²) in [6.45, 7) is 0. The summed E-state index contributed by atoms with van der Waals surface area (Å²) in [6, 6.07) is 16.0. The number of thioether (sulfide) groups is 1. The Balaban J connectivity index is 2.06. The zero-order valence-corrected chi connectivity index (χ0v) is 14.1. The monoisotopic (exact) mass is 337 g/mol. The summed E-state index contributed by atoms with van der Waals surface area (Å²) >= 11 is 1.33. The topological polar surface area (TPSA) is 67.8 Å². The van der Waals surface area contributed by atoms with E-state index in [1.165, 1.54) is 23.4 Å². The number of hydrogen-bond acceptors (Lipinski definition) is 4. The molecule has 120 valence electrons. The minimum atomic E-state index is -0.555. The Bertz CT molecular complexity index is 1080. The predicted octanol–water partition coefficient (Wildman–Crippen LogP) is 2.40. The third kappa shape index (κ3) is 2.63. The number of aromatic nitrogens is 2. The molecule has 0 unspecified atom stereocenters. The number of fused-ring (bicyclic) bond motifs is 1. The van der Waals surface area contributed by atoms with Crippen LogP contribution < -0.4 is 11.2 Å². The Labute approximate surface area is 142 Å². The van der Waals surface area contributed by atoms with Gasteiger partial charge in [-0.1, -0.05) is 42.5 Å². The van der Waals surface area contributed by atoms with Gasteiger partial charge in [0.15, 0.2) is 0 Å². The fraction of sp³-hybridized carbons (Fsp3) is 0.167. The molecule has 0 spiro atoms. The molecule has 6 heteroatoms. The summed E-state index contributed by atoms with van der Waals surface area (Å²) in [5, 5.41) is 12.0. The second-order valence-corrected chi connectivity index (χ2v) is 6.39. The van der Waals surface area contributed by atoms with Crippen molar-refractivity contribution < 1.29 is 0 Å². The van der Waals surface area contributed by atoms with E-state index < -0.39 is 11.2 Å². The van der Waals surface area contributed by atoms with Gasteiger partial charge in [0.25, 0.3) is 5.56 Å².